The van der Waals surface area contributed by atoms with Crippen LogP contribution in [-0.2, 0) is 14.3 Å². The van der Waals surface area contributed by atoms with Crippen LogP contribution in [0.4, 0.5) is 15.8 Å². The second-order valence-electron chi connectivity index (χ2n) is 6.62. The van der Waals surface area contributed by atoms with E-state index < -0.39 is 34.9 Å². The summed E-state index contributed by atoms with van der Waals surface area (Å²) in [4.78, 5) is 33.5. The Morgan fingerprint density at radius 3 is 2.55 bits per heavy atom. The lowest BCUT2D eigenvalue weighted by atomic mass is 10.0. The molecule has 0 aliphatic rings. The largest absolute Gasteiger partial charge is 0.482 e. The Kier molecular flexibility index (Phi) is 7.24. The van der Waals surface area contributed by atoms with E-state index in [0.717, 1.165) is 29.3 Å². The highest BCUT2D eigenvalue weighted by Crippen LogP contribution is 2.27. The lowest BCUT2D eigenvalue weighted by Crippen LogP contribution is -2.24. The molecule has 0 aromatic heterocycles. The number of nitrogens with one attached hydrogen (secondary N) is 1. The van der Waals surface area contributed by atoms with Crippen LogP contribution in [0.2, 0.25) is 0 Å². The van der Waals surface area contributed by atoms with Gasteiger partial charge in [0.05, 0.1) is 4.92 Å². The smallest absolute Gasteiger partial charge is 0.344 e. The summed E-state index contributed by atoms with van der Waals surface area (Å²) in [5.74, 6) is -1.72. The van der Waals surface area contributed by atoms with Crippen molar-refractivity contribution in [2.75, 3.05) is 18.5 Å². The van der Waals surface area contributed by atoms with Crippen LogP contribution < -0.4 is 10.1 Å². The van der Waals surface area contributed by atoms with E-state index >= 15 is 0 Å². The SMILES string of the molecule is Cc1ccc(C(C)C)c(OCC(=O)OCC(=O)Nc2ccc(F)c([N+](=O)[O-])c2)c1. The van der Waals surface area contributed by atoms with Crippen LogP contribution in [0.1, 0.15) is 30.9 Å². The molecule has 1 N–H and O–H groups in total. The summed E-state index contributed by atoms with van der Waals surface area (Å²) in [5.41, 5.74) is 1.16. The maximum Gasteiger partial charge on any atom is 0.344 e. The molecule has 29 heavy (non-hydrogen) atoms. The summed E-state index contributed by atoms with van der Waals surface area (Å²) < 4.78 is 23.7. The zero-order chi connectivity index (χ0) is 21.6. The predicted molar refractivity (Wildman–Crippen MR) is 103 cm³/mol. The van der Waals surface area contributed by atoms with Gasteiger partial charge in [-0.3, -0.25) is 14.9 Å². The maximum absolute atomic E-state index is 13.3. The molecule has 0 saturated heterocycles. The van der Waals surface area contributed by atoms with Crippen LogP contribution in [0.3, 0.4) is 0 Å². The van der Waals surface area contributed by atoms with Crippen LogP contribution in [-0.4, -0.2) is 30.0 Å². The fourth-order valence-corrected chi connectivity index (χ4v) is 2.50. The molecule has 0 spiro atoms. The Hall–Kier alpha value is -3.49. The first kappa shape index (κ1) is 21.8. The number of ether oxygens (including phenoxy) is 2. The minimum absolute atomic E-state index is 0.0109. The minimum Gasteiger partial charge on any atom is -0.482 e. The molecule has 8 nitrogen and oxygen atoms in total. The average Bonchev–Trinajstić information content (AvgIpc) is 2.65. The van der Waals surface area contributed by atoms with Crippen LogP contribution in [0, 0.1) is 22.9 Å². The van der Waals surface area contributed by atoms with E-state index in [-0.39, 0.29) is 18.2 Å². The fourth-order valence-electron chi connectivity index (χ4n) is 2.50. The minimum atomic E-state index is -1.02. The number of amides is 1. The lowest BCUT2D eigenvalue weighted by Gasteiger charge is -2.14. The number of hydrogen-bond acceptors (Lipinski definition) is 6. The van der Waals surface area contributed by atoms with E-state index in [1.165, 1.54) is 0 Å². The Bertz CT molecular complexity index is 929. The number of rotatable bonds is 8. The molecule has 0 radical (unpaired) electrons. The molecule has 0 aliphatic heterocycles. The summed E-state index contributed by atoms with van der Waals surface area (Å²) in [5, 5.41) is 13.0. The summed E-state index contributed by atoms with van der Waals surface area (Å²) >= 11 is 0. The van der Waals surface area contributed by atoms with Gasteiger partial charge < -0.3 is 14.8 Å². The van der Waals surface area contributed by atoms with Gasteiger partial charge in [-0.25, -0.2) is 4.79 Å². The first-order valence-corrected chi connectivity index (χ1v) is 8.80. The third-order valence-corrected chi connectivity index (χ3v) is 3.93. The predicted octanol–water partition coefficient (Wildman–Crippen LogP) is 3.73. The molecule has 0 unspecified atom stereocenters. The normalized spacial score (nSPS) is 10.5. The number of carbonyl (C=O) groups is 2. The van der Waals surface area contributed by atoms with Crippen molar-refractivity contribution in [1.29, 1.82) is 0 Å². The van der Waals surface area contributed by atoms with Crippen molar-refractivity contribution in [2.24, 2.45) is 0 Å². The van der Waals surface area contributed by atoms with Crippen molar-refractivity contribution in [3.8, 4) is 5.75 Å². The highest BCUT2D eigenvalue weighted by atomic mass is 19.1. The molecule has 0 saturated carbocycles. The first-order valence-electron chi connectivity index (χ1n) is 8.80. The topological polar surface area (TPSA) is 108 Å². The summed E-state index contributed by atoms with van der Waals surface area (Å²) in [6.07, 6.45) is 0. The number of carbonyl (C=O) groups excluding carboxylic acids is 2. The Balaban J connectivity index is 1.87. The molecule has 2 aromatic carbocycles. The van der Waals surface area contributed by atoms with E-state index in [9.17, 15) is 24.1 Å². The average molecular weight is 404 g/mol. The van der Waals surface area contributed by atoms with Gasteiger partial charge in [0.2, 0.25) is 5.82 Å². The van der Waals surface area contributed by atoms with Gasteiger partial charge in [0.15, 0.2) is 13.2 Å². The number of nitrogens with zero attached hydrogens (tertiary/aromatic N) is 1. The molecule has 154 valence electrons. The molecule has 0 aliphatic carbocycles. The lowest BCUT2D eigenvalue weighted by molar-refractivity contribution is -0.387. The van der Waals surface area contributed by atoms with Gasteiger partial charge in [0.25, 0.3) is 5.91 Å². The Morgan fingerprint density at radius 2 is 1.90 bits per heavy atom. The zero-order valence-electron chi connectivity index (χ0n) is 16.2. The summed E-state index contributed by atoms with van der Waals surface area (Å²) in [6.45, 7) is 4.91. The number of anilines is 1. The number of benzene rings is 2. The molecule has 9 heteroatoms. The first-order chi connectivity index (χ1) is 13.7. The molecule has 2 rings (SSSR count). The van der Waals surface area contributed by atoms with Crippen LogP contribution in [0.15, 0.2) is 36.4 Å². The Morgan fingerprint density at radius 1 is 1.17 bits per heavy atom. The molecule has 2 aromatic rings. The van der Waals surface area contributed by atoms with Crippen molar-refractivity contribution in [3.05, 3.63) is 63.5 Å². The van der Waals surface area contributed by atoms with Crippen molar-refractivity contribution in [1.82, 2.24) is 0 Å². The number of halogens is 1. The third kappa shape index (κ3) is 6.27. The number of nitro groups is 1. The van der Waals surface area contributed by atoms with E-state index in [0.29, 0.717) is 5.75 Å². The van der Waals surface area contributed by atoms with Gasteiger partial charge in [-0.2, -0.15) is 4.39 Å². The molecule has 0 bridgehead atoms. The Labute approximate surface area is 166 Å². The maximum atomic E-state index is 13.3. The third-order valence-electron chi connectivity index (χ3n) is 3.93. The highest BCUT2D eigenvalue weighted by molar-refractivity contribution is 5.93. The van der Waals surface area contributed by atoms with Crippen molar-refractivity contribution in [2.45, 2.75) is 26.7 Å². The number of nitro benzene ring substituents is 1. The molecule has 0 fully saturated rings. The summed E-state index contributed by atoms with van der Waals surface area (Å²) in [6, 6.07) is 8.60. The number of aryl methyl sites for hydroxylation is 1. The van der Waals surface area contributed by atoms with Gasteiger partial charge in [-0.1, -0.05) is 26.0 Å². The summed E-state index contributed by atoms with van der Waals surface area (Å²) in [7, 11) is 0. The van der Waals surface area contributed by atoms with E-state index in [4.69, 9.17) is 9.47 Å². The van der Waals surface area contributed by atoms with Gasteiger partial charge in [0, 0.05) is 11.8 Å². The molecular weight excluding hydrogens is 383 g/mol. The number of esters is 1. The van der Waals surface area contributed by atoms with Gasteiger partial charge in [-0.15, -0.1) is 0 Å². The van der Waals surface area contributed by atoms with Crippen molar-refractivity contribution >= 4 is 23.3 Å². The molecule has 0 heterocycles. The van der Waals surface area contributed by atoms with Gasteiger partial charge in [0.1, 0.15) is 5.75 Å². The molecule has 1 amide bonds. The monoisotopic (exact) mass is 404 g/mol. The quantitative estimate of drug-likeness (QED) is 0.408. The van der Waals surface area contributed by atoms with E-state index in [1.807, 2.05) is 39.0 Å². The van der Waals surface area contributed by atoms with Gasteiger partial charge >= 0.3 is 11.7 Å². The highest BCUT2D eigenvalue weighted by Gasteiger charge is 2.16. The second kappa shape index (κ2) is 9.63. The fraction of sp³-hybridized carbons (Fsp3) is 0.300. The standard InChI is InChI=1S/C20H21FN2O6/c1-12(2)15-6-4-13(3)8-18(15)28-11-20(25)29-10-19(24)22-14-5-7-16(21)17(9-14)23(26)27/h4-9,12H,10-11H2,1-3H3,(H,22,24). The van der Waals surface area contributed by atoms with Crippen LogP contribution >= 0.6 is 0 Å². The zero-order valence-corrected chi connectivity index (χ0v) is 16.2. The second-order valence-corrected chi connectivity index (χ2v) is 6.62. The number of hydrogen-bond donors (Lipinski definition) is 1. The molecular formula is C20H21FN2O6. The van der Waals surface area contributed by atoms with Crippen molar-refractivity contribution < 1.29 is 28.4 Å². The van der Waals surface area contributed by atoms with Crippen LogP contribution in [0.25, 0.3) is 0 Å². The molecule has 0 atom stereocenters. The van der Waals surface area contributed by atoms with E-state index in [2.05, 4.69) is 5.32 Å². The van der Waals surface area contributed by atoms with Gasteiger partial charge in [-0.05, 0) is 42.2 Å². The van der Waals surface area contributed by atoms with E-state index in [1.54, 1.807) is 0 Å². The van der Waals surface area contributed by atoms with Crippen LogP contribution in [0.5, 0.6) is 5.75 Å². The van der Waals surface area contributed by atoms with Crippen molar-refractivity contribution in [3.63, 3.8) is 0 Å².